The number of aromatic nitrogens is 1. The monoisotopic (exact) mass is 300 g/mol. The zero-order chi connectivity index (χ0) is 16.1. The van der Waals surface area contributed by atoms with Crippen LogP contribution in [-0.2, 0) is 0 Å². The summed E-state index contributed by atoms with van der Waals surface area (Å²) in [7, 11) is 4.61. The molecule has 0 fully saturated rings. The Hall–Kier alpha value is -3.14. The molecular weight excluding hydrogens is 284 g/mol. The van der Waals surface area contributed by atoms with Gasteiger partial charge in [-0.3, -0.25) is 0 Å². The van der Waals surface area contributed by atoms with E-state index >= 15 is 0 Å². The van der Waals surface area contributed by atoms with Gasteiger partial charge in [-0.05, 0) is 12.1 Å². The number of hydrogen-bond acceptors (Lipinski definition) is 7. The highest BCUT2D eigenvalue weighted by Gasteiger charge is 2.13. The molecule has 3 N–H and O–H groups in total. The first kappa shape index (κ1) is 15.3. The summed E-state index contributed by atoms with van der Waals surface area (Å²) in [5.41, 5.74) is 6.83. The van der Waals surface area contributed by atoms with E-state index in [-0.39, 0.29) is 5.69 Å². The number of nitrogens with zero attached hydrogens (tertiary/aromatic N) is 2. The molecule has 1 aromatic carbocycles. The van der Waals surface area contributed by atoms with Crippen LogP contribution in [0.5, 0.6) is 17.2 Å². The highest BCUT2D eigenvalue weighted by molar-refractivity contribution is 5.67. The lowest BCUT2D eigenvalue weighted by Gasteiger charge is -2.15. The van der Waals surface area contributed by atoms with Crippen LogP contribution in [0.25, 0.3) is 0 Å². The standard InChI is InChI=1S/C15H16N4O3/c1-20-12-6-9(7-13(21-2)15(12)22-3)18-14-5-4-10(17)11(8-16)19-14/h4-7H,17H2,1-3H3,(H,18,19). The van der Waals surface area contributed by atoms with Gasteiger partial charge in [0.2, 0.25) is 5.75 Å². The molecule has 7 nitrogen and oxygen atoms in total. The molecule has 7 heteroatoms. The van der Waals surface area contributed by atoms with Crippen LogP contribution in [0, 0.1) is 11.3 Å². The second-order valence-electron chi connectivity index (χ2n) is 4.29. The zero-order valence-corrected chi connectivity index (χ0v) is 12.5. The molecule has 0 aliphatic carbocycles. The van der Waals surface area contributed by atoms with Crippen molar-refractivity contribution in [1.29, 1.82) is 5.26 Å². The average molecular weight is 300 g/mol. The van der Waals surface area contributed by atoms with Gasteiger partial charge in [0.1, 0.15) is 11.9 Å². The fourth-order valence-corrected chi connectivity index (χ4v) is 1.93. The summed E-state index contributed by atoms with van der Waals surface area (Å²) in [6.07, 6.45) is 0. The van der Waals surface area contributed by atoms with E-state index in [9.17, 15) is 0 Å². The summed E-state index contributed by atoms with van der Waals surface area (Å²) in [6.45, 7) is 0. The maximum atomic E-state index is 8.96. The largest absolute Gasteiger partial charge is 0.493 e. The second kappa shape index (κ2) is 6.54. The summed E-state index contributed by atoms with van der Waals surface area (Å²) in [5.74, 6) is 2.01. The topological polar surface area (TPSA) is 102 Å². The smallest absolute Gasteiger partial charge is 0.203 e. The Kier molecular flexibility index (Phi) is 4.53. The molecule has 22 heavy (non-hydrogen) atoms. The van der Waals surface area contributed by atoms with Gasteiger partial charge < -0.3 is 25.3 Å². The average Bonchev–Trinajstić information content (AvgIpc) is 2.55. The Morgan fingerprint density at radius 2 is 1.73 bits per heavy atom. The van der Waals surface area contributed by atoms with E-state index in [1.807, 2.05) is 6.07 Å². The number of methoxy groups -OCH3 is 3. The minimum Gasteiger partial charge on any atom is -0.493 e. The molecule has 0 aliphatic heterocycles. The first-order valence-corrected chi connectivity index (χ1v) is 6.36. The number of rotatable bonds is 5. The lowest BCUT2D eigenvalue weighted by Crippen LogP contribution is -2.01. The summed E-state index contributed by atoms with van der Waals surface area (Å²) < 4.78 is 15.8. The molecule has 2 aromatic rings. The number of nitrogens with one attached hydrogen (secondary N) is 1. The normalized spacial score (nSPS) is 9.73. The van der Waals surface area contributed by atoms with Crippen molar-refractivity contribution in [2.75, 3.05) is 32.4 Å². The lowest BCUT2D eigenvalue weighted by atomic mass is 10.2. The van der Waals surface area contributed by atoms with Gasteiger partial charge in [0.05, 0.1) is 27.0 Å². The predicted molar refractivity (Wildman–Crippen MR) is 82.7 cm³/mol. The third-order valence-corrected chi connectivity index (χ3v) is 2.97. The molecule has 1 aromatic heterocycles. The molecule has 2 rings (SSSR count). The Balaban J connectivity index is 2.40. The van der Waals surface area contributed by atoms with Crippen LogP contribution in [0.3, 0.4) is 0 Å². The van der Waals surface area contributed by atoms with E-state index in [1.54, 1.807) is 24.3 Å². The molecule has 1 heterocycles. The zero-order valence-electron chi connectivity index (χ0n) is 12.5. The van der Waals surface area contributed by atoms with Crippen LogP contribution in [0.15, 0.2) is 24.3 Å². The Morgan fingerprint density at radius 3 is 2.23 bits per heavy atom. The Labute approximate surface area is 128 Å². The molecule has 0 aliphatic rings. The van der Waals surface area contributed by atoms with Crippen molar-refractivity contribution in [3.05, 3.63) is 30.0 Å². The van der Waals surface area contributed by atoms with Gasteiger partial charge in [-0.1, -0.05) is 0 Å². The molecule has 114 valence electrons. The molecule has 0 unspecified atom stereocenters. The van der Waals surface area contributed by atoms with Crippen molar-refractivity contribution in [3.63, 3.8) is 0 Å². The van der Waals surface area contributed by atoms with Gasteiger partial charge in [0, 0.05) is 17.8 Å². The van der Waals surface area contributed by atoms with Crippen LogP contribution in [0.2, 0.25) is 0 Å². The molecule has 0 bridgehead atoms. The fraction of sp³-hybridized carbons (Fsp3) is 0.200. The van der Waals surface area contributed by atoms with Gasteiger partial charge in [0.15, 0.2) is 17.2 Å². The second-order valence-corrected chi connectivity index (χ2v) is 4.29. The molecule has 0 atom stereocenters. The molecule has 0 saturated heterocycles. The van der Waals surface area contributed by atoms with Crippen molar-refractivity contribution in [3.8, 4) is 23.3 Å². The Bertz CT molecular complexity index is 700. The molecule has 0 amide bonds. The number of nitrogens with two attached hydrogens (primary N) is 1. The van der Waals surface area contributed by atoms with E-state index in [0.29, 0.717) is 34.4 Å². The van der Waals surface area contributed by atoms with Gasteiger partial charge in [-0.25, -0.2) is 4.98 Å². The van der Waals surface area contributed by atoms with Crippen LogP contribution in [0.4, 0.5) is 17.2 Å². The summed E-state index contributed by atoms with van der Waals surface area (Å²) in [4.78, 5) is 4.13. The highest BCUT2D eigenvalue weighted by Crippen LogP contribution is 2.40. The molecule has 0 spiro atoms. The molecule has 0 radical (unpaired) electrons. The number of ether oxygens (including phenoxy) is 3. The number of nitriles is 1. The minimum absolute atomic E-state index is 0.164. The van der Waals surface area contributed by atoms with Crippen LogP contribution >= 0.6 is 0 Å². The maximum absolute atomic E-state index is 8.96. The highest BCUT2D eigenvalue weighted by atomic mass is 16.5. The fourth-order valence-electron chi connectivity index (χ4n) is 1.93. The predicted octanol–water partition coefficient (Wildman–Crippen LogP) is 2.30. The van der Waals surface area contributed by atoms with Crippen molar-refractivity contribution in [1.82, 2.24) is 4.98 Å². The minimum atomic E-state index is 0.164. The number of hydrogen-bond donors (Lipinski definition) is 2. The number of benzene rings is 1. The lowest BCUT2D eigenvalue weighted by molar-refractivity contribution is 0.324. The van der Waals surface area contributed by atoms with Gasteiger partial charge >= 0.3 is 0 Å². The van der Waals surface area contributed by atoms with E-state index in [4.69, 9.17) is 25.2 Å². The van der Waals surface area contributed by atoms with Gasteiger partial charge in [-0.15, -0.1) is 0 Å². The Morgan fingerprint density at radius 1 is 1.09 bits per heavy atom. The van der Waals surface area contributed by atoms with E-state index in [1.165, 1.54) is 21.3 Å². The van der Waals surface area contributed by atoms with Crippen LogP contribution < -0.4 is 25.3 Å². The van der Waals surface area contributed by atoms with Gasteiger partial charge in [0.25, 0.3) is 0 Å². The van der Waals surface area contributed by atoms with Crippen LogP contribution in [0.1, 0.15) is 5.69 Å². The first-order chi connectivity index (χ1) is 10.6. The number of nitrogen functional groups attached to an aromatic ring is 1. The van der Waals surface area contributed by atoms with Gasteiger partial charge in [-0.2, -0.15) is 5.26 Å². The van der Waals surface area contributed by atoms with Crippen molar-refractivity contribution < 1.29 is 14.2 Å². The molecule has 0 saturated carbocycles. The summed E-state index contributed by atoms with van der Waals surface area (Å²) >= 11 is 0. The maximum Gasteiger partial charge on any atom is 0.203 e. The summed E-state index contributed by atoms with van der Waals surface area (Å²) in [6, 6.07) is 8.72. The van der Waals surface area contributed by atoms with Crippen molar-refractivity contribution in [2.24, 2.45) is 0 Å². The third-order valence-electron chi connectivity index (χ3n) is 2.97. The van der Waals surface area contributed by atoms with Crippen LogP contribution in [-0.4, -0.2) is 26.3 Å². The quantitative estimate of drug-likeness (QED) is 0.873. The number of pyridine rings is 1. The van der Waals surface area contributed by atoms with E-state index in [0.717, 1.165) is 0 Å². The SMILES string of the molecule is COc1cc(Nc2ccc(N)c(C#N)n2)cc(OC)c1OC. The molecular formula is C15H16N4O3. The first-order valence-electron chi connectivity index (χ1n) is 6.36. The van der Waals surface area contributed by atoms with E-state index in [2.05, 4.69) is 10.3 Å². The van der Waals surface area contributed by atoms with Crippen molar-refractivity contribution in [2.45, 2.75) is 0 Å². The number of anilines is 3. The summed E-state index contributed by atoms with van der Waals surface area (Å²) in [5, 5.41) is 12.0. The third kappa shape index (κ3) is 2.96. The van der Waals surface area contributed by atoms with Crippen molar-refractivity contribution >= 4 is 17.2 Å². The van der Waals surface area contributed by atoms with E-state index < -0.39 is 0 Å².